The summed E-state index contributed by atoms with van der Waals surface area (Å²) in [6, 6.07) is 7.20. The second-order valence-electron chi connectivity index (χ2n) is 7.95. The Bertz CT molecular complexity index is 1050. The highest BCUT2D eigenvalue weighted by Gasteiger charge is 2.45. The number of rotatable bonds is 2. The average molecular weight is 394 g/mol. The van der Waals surface area contributed by atoms with Gasteiger partial charge in [-0.2, -0.15) is 0 Å². The van der Waals surface area contributed by atoms with Gasteiger partial charge in [-0.1, -0.05) is 0 Å². The van der Waals surface area contributed by atoms with Crippen molar-refractivity contribution in [3.8, 4) is 28.7 Å². The second kappa shape index (κ2) is 6.17. The van der Waals surface area contributed by atoms with Crippen molar-refractivity contribution in [2.24, 2.45) is 0 Å². The Morgan fingerprint density at radius 2 is 1.83 bits per heavy atom. The van der Waals surface area contributed by atoms with Crippen LogP contribution >= 0.6 is 0 Å². The molecule has 3 heterocycles. The summed E-state index contributed by atoms with van der Waals surface area (Å²) >= 11 is 0. The molecule has 2 aromatic rings. The number of Topliss-reactive ketones (excluding diaryl/α,β-unsaturated/α-hetero) is 1. The topological polar surface area (TPSA) is 63.2 Å². The van der Waals surface area contributed by atoms with E-state index in [1.165, 1.54) is 0 Å². The number of carbonyl (C=O) groups excluding carboxylic acids is 1. The Balaban J connectivity index is 1.61. The number of hydrogen-bond acceptors (Lipinski definition) is 6. The lowest BCUT2D eigenvalue weighted by Crippen LogP contribution is -2.43. The number of ketones is 1. The highest BCUT2D eigenvalue weighted by atomic mass is 16.5. The van der Waals surface area contributed by atoms with Gasteiger partial charge in [-0.25, -0.2) is 0 Å². The lowest BCUT2D eigenvalue weighted by atomic mass is 9.81. The lowest BCUT2D eigenvalue weighted by molar-refractivity contribution is 0.0553. The molecule has 0 saturated carbocycles. The molecule has 5 rings (SSSR count). The van der Waals surface area contributed by atoms with E-state index in [-0.39, 0.29) is 12.4 Å². The number of hydrogen-bond donors (Lipinski definition) is 0. The maximum absolute atomic E-state index is 13.5. The van der Waals surface area contributed by atoms with Gasteiger partial charge in [0.25, 0.3) is 0 Å². The van der Waals surface area contributed by atoms with E-state index in [9.17, 15) is 4.79 Å². The van der Waals surface area contributed by atoms with Crippen molar-refractivity contribution >= 4 is 11.9 Å². The number of fused-ring (bicyclic) bond motifs is 6. The Labute approximate surface area is 169 Å². The summed E-state index contributed by atoms with van der Waals surface area (Å²) in [6.45, 7) is 4.25. The summed E-state index contributed by atoms with van der Waals surface area (Å²) in [5.41, 5.74) is 1.71. The molecule has 2 aromatic carbocycles. The predicted molar refractivity (Wildman–Crippen MR) is 107 cm³/mol. The van der Waals surface area contributed by atoms with E-state index in [2.05, 4.69) is 0 Å². The smallest absolute Gasteiger partial charge is 0.178 e. The zero-order chi connectivity index (χ0) is 20.3. The van der Waals surface area contributed by atoms with Gasteiger partial charge in [0.15, 0.2) is 17.3 Å². The minimum absolute atomic E-state index is 0.00838. The number of carbonyl (C=O) groups is 1. The monoisotopic (exact) mass is 394 g/mol. The summed E-state index contributed by atoms with van der Waals surface area (Å²) in [7, 11) is 3.14. The number of benzene rings is 2. The number of ether oxygens (including phenoxy) is 5. The van der Waals surface area contributed by atoms with Gasteiger partial charge < -0.3 is 23.7 Å². The summed E-state index contributed by atoms with van der Waals surface area (Å²) in [5.74, 6) is 2.56. The third kappa shape index (κ3) is 2.66. The highest BCUT2D eigenvalue weighted by Crippen LogP contribution is 2.49. The average Bonchev–Trinajstić information content (AvgIpc) is 2.71. The molecule has 0 saturated heterocycles. The van der Waals surface area contributed by atoms with Crippen molar-refractivity contribution in [1.82, 2.24) is 0 Å². The first-order valence-corrected chi connectivity index (χ1v) is 9.56. The molecule has 2 atom stereocenters. The van der Waals surface area contributed by atoms with Crippen LogP contribution in [0.4, 0.5) is 0 Å². The van der Waals surface area contributed by atoms with Crippen LogP contribution in [0.1, 0.15) is 41.3 Å². The van der Waals surface area contributed by atoms with Gasteiger partial charge >= 0.3 is 0 Å². The standard InChI is InChI=1S/C23H22O6/c1-23(2)8-7-12-15(29-23)6-5-13-21(24)20-14-9-17(25-3)18(26-4)10-16(14)27-11-19(20)28-22(12)13/h5-10,19-20H,11H2,1-4H3/t19-,20-/m1/s1. The molecule has 3 aliphatic rings. The van der Waals surface area contributed by atoms with E-state index in [0.29, 0.717) is 34.3 Å². The SMILES string of the molecule is COc1cc2c(cc1OC)[C@H]1C(=O)c3ccc4c(c3O[C@@H]1CO2)C=CC(C)(C)O4. The molecule has 29 heavy (non-hydrogen) atoms. The fraction of sp³-hybridized carbons (Fsp3) is 0.348. The molecule has 0 fully saturated rings. The maximum atomic E-state index is 13.5. The van der Waals surface area contributed by atoms with E-state index in [1.54, 1.807) is 32.4 Å². The van der Waals surface area contributed by atoms with Crippen molar-refractivity contribution in [2.75, 3.05) is 20.8 Å². The lowest BCUT2D eigenvalue weighted by Gasteiger charge is -2.38. The van der Waals surface area contributed by atoms with Crippen LogP contribution < -0.4 is 23.7 Å². The van der Waals surface area contributed by atoms with Crippen LogP contribution in [0.5, 0.6) is 28.7 Å². The second-order valence-corrected chi connectivity index (χ2v) is 7.95. The first-order valence-electron chi connectivity index (χ1n) is 9.56. The molecule has 0 radical (unpaired) electrons. The van der Waals surface area contributed by atoms with Crippen LogP contribution in [0.15, 0.2) is 30.3 Å². The van der Waals surface area contributed by atoms with Crippen molar-refractivity contribution < 1.29 is 28.5 Å². The zero-order valence-corrected chi connectivity index (χ0v) is 16.8. The van der Waals surface area contributed by atoms with E-state index in [1.807, 2.05) is 32.1 Å². The van der Waals surface area contributed by atoms with Crippen LogP contribution in [-0.2, 0) is 0 Å². The van der Waals surface area contributed by atoms with Gasteiger partial charge in [-0.15, -0.1) is 0 Å². The molecule has 0 unspecified atom stereocenters. The van der Waals surface area contributed by atoms with Crippen LogP contribution in [0.25, 0.3) is 6.08 Å². The van der Waals surface area contributed by atoms with Gasteiger partial charge in [0.2, 0.25) is 0 Å². The third-order valence-corrected chi connectivity index (χ3v) is 5.62. The molecule has 6 nitrogen and oxygen atoms in total. The molecule has 3 aliphatic heterocycles. The van der Waals surface area contributed by atoms with Crippen molar-refractivity contribution in [3.05, 3.63) is 47.0 Å². The van der Waals surface area contributed by atoms with Crippen LogP contribution in [0, 0.1) is 0 Å². The largest absolute Gasteiger partial charge is 0.493 e. The van der Waals surface area contributed by atoms with Gasteiger partial charge in [0, 0.05) is 11.6 Å². The summed E-state index contributed by atoms with van der Waals surface area (Å²) in [4.78, 5) is 13.5. The van der Waals surface area contributed by atoms with Crippen LogP contribution in [0.2, 0.25) is 0 Å². The Morgan fingerprint density at radius 3 is 2.59 bits per heavy atom. The van der Waals surface area contributed by atoms with Crippen molar-refractivity contribution in [1.29, 1.82) is 0 Å². The first kappa shape index (κ1) is 17.9. The summed E-state index contributed by atoms with van der Waals surface area (Å²) in [5, 5.41) is 0. The van der Waals surface area contributed by atoms with E-state index in [4.69, 9.17) is 23.7 Å². The number of methoxy groups -OCH3 is 2. The third-order valence-electron chi connectivity index (χ3n) is 5.62. The summed E-state index contributed by atoms with van der Waals surface area (Å²) < 4.78 is 29.0. The Morgan fingerprint density at radius 1 is 1.07 bits per heavy atom. The van der Waals surface area contributed by atoms with Gasteiger partial charge in [0.05, 0.1) is 31.3 Å². The molecule has 0 aliphatic carbocycles. The van der Waals surface area contributed by atoms with Crippen LogP contribution in [0.3, 0.4) is 0 Å². The molecule has 0 amide bonds. The molecule has 0 N–H and O–H groups in total. The van der Waals surface area contributed by atoms with E-state index < -0.39 is 17.6 Å². The van der Waals surface area contributed by atoms with Gasteiger partial charge in [-0.3, -0.25) is 4.79 Å². The van der Waals surface area contributed by atoms with E-state index >= 15 is 0 Å². The Kier molecular flexibility index (Phi) is 3.81. The molecule has 0 spiro atoms. The highest BCUT2D eigenvalue weighted by molar-refractivity contribution is 6.06. The van der Waals surface area contributed by atoms with Crippen molar-refractivity contribution in [3.63, 3.8) is 0 Å². The predicted octanol–water partition coefficient (Wildman–Crippen LogP) is 4.01. The van der Waals surface area contributed by atoms with Gasteiger partial charge in [0.1, 0.15) is 35.6 Å². The molecule has 150 valence electrons. The first-order chi connectivity index (χ1) is 13.9. The minimum Gasteiger partial charge on any atom is -0.493 e. The fourth-order valence-electron chi connectivity index (χ4n) is 4.19. The van der Waals surface area contributed by atoms with E-state index in [0.717, 1.165) is 11.1 Å². The minimum atomic E-state index is -0.464. The fourth-order valence-corrected chi connectivity index (χ4v) is 4.19. The molecule has 6 heteroatoms. The molecular formula is C23H22O6. The normalized spacial score (nSPS) is 22.7. The van der Waals surface area contributed by atoms with Crippen molar-refractivity contribution in [2.45, 2.75) is 31.5 Å². The molecule has 0 bridgehead atoms. The summed E-state index contributed by atoms with van der Waals surface area (Å²) in [6.07, 6.45) is 3.52. The quantitative estimate of drug-likeness (QED) is 0.767. The molecular weight excluding hydrogens is 372 g/mol. The Hall–Kier alpha value is -3.15. The van der Waals surface area contributed by atoms with Crippen LogP contribution in [-0.4, -0.2) is 38.3 Å². The molecule has 0 aromatic heterocycles. The zero-order valence-electron chi connectivity index (χ0n) is 16.8. The maximum Gasteiger partial charge on any atom is 0.178 e. The van der Waals surface area contributed by atoms with Gasteiger partial charge in [-0.05, 0) is 44.2 Å².